The van der Waals surface area contributed by atoms with E-state index >= 15 is 0 Å². The van der Waals surface area contributed by atoms with Crippen molar-refractivity contribution >= 4 is 22.6 Å². The van der Waals surface area contributed by atoms with Crippen molar-refractivity contribution in [1.29, 1.82) is 5.26 Å². The van der Waals surface area contributed by atoms with E-state index in [9.17, 15) is 5.26 Å². The number of benzene rings is 2. The summed E-state index contributed by atoms with van der Waals surface area (Å²) in [4.78, 5) is 4.67. The molecule has 3 rings (SSSR count). The highest BCUT2D eigenvalue weighted by atomic mass is 32.1. The van der Waals surface area contributed by atoms with E-state index in [0.717, 1.165) is 34.8 Å². The van der Waals surface area contributed by atoms with E-state index in [1.165, 1.54) is 22.5 Å². The molecule has 0 saturated heterocycles. The van der Waals surface area contributed by atoms with Crippen LogP contribution in [0.2, 0.25) is 0 Å². The van der Waals surface area contributed by atoms with Crippen molar-refractivity contribution in [2.45, 2.75) is 33.6 Å². The van der Waals surface area contributed by atoms with Gasteiger partial charge >= 0.3 is 0 Å². The summed E-state index contributed by atoms with van der Waals surface area (Å²) < 4.78 is 0. The molecular weight excluding hydrogens is 362 g/mol. The minimum absolute atomic E-state index is 0.534. The SMILES string of the molecule is CCc1ccc(N/C=C(\C#N)c2nc(-c3ccc(CC(C)C)cc3)cs2)cc1. The van der Waals surface area contributed by atoms with Crippen molar-refractivity contribution in [1.82, 2.24) is 4.98 Å². The van der Waals surface area contributed by atoms with Crippen LogP contribution in [0.4, 0.5) is 5.69 Å². The molecule has 0 radical (unpaired) electrons. The van der Waals surface area contributed by atoms with Gasteiger partial charge in [-0.2, -0.15) is 5.26 Å². The molecule has 1 aromatic heterocycles. The summed E-state index contributed by atoms with van der Waals surface area (Å²) in [6.07, 6.45) is 3.82. The van der Waals surface area contributed by atoms with Crippen LogP contribution < -0.4 is 5.32 Å². The lowest BCUT2D eigenvalue weighted by Crippen LogP contribution is -1.93. The maximum atomic E-state index is 9.55. The Morgan fingerprint density at radius 1 is 1.11 bits per heavy atom. The largest absolute Gasteiger partial charge is 0.360 e. The molecule has 28 heavy (non-hydrogen) atoms. The zero-order valence-corrected chi connectivity index (χ0v) is 17.4. The highest BCUT2D eigenvalue weighted by Gasteiger charge is 2.09. The Labute approximate surface area is 171 Å². The van der Waals surface area contributed by atoms with Gasteiger partial charge in [0.25, 0.3) is 0 Å². The second-order valence-corrected chi connectivity index (χ2v) is 8.06. The van der Waals surface area contributed by atoms with Gasteiger partial charge in [-0.3, -0.25) is 0 Å². The van der Waals surface area contributed by atoms with Gasteiger partial charge in [0.2, 0.25) is 0 Å². The van der Waals surface area contributed by atoms with Crippen LogP contribution in [-0.2, 0) is 12.8 Å². The van der Waals surface area contributed by atoms with Crippen LogP contribution in [0.5, 0.6) is 0 Å². The molecule has 0 aliphatic rings. The molecule has 4 heteroatoms. The van der Waals surface area contributed by atoms with E-state index in [-0.39, 0.29) is 0 Å². The predicted molar refractivity (Wildman–Crippen MR) is 119 cm³/mol. The Hall–Kier alpha value is -2.90. The van der Waals surface area contributed by atoms with E-state index in [4.69, 9.17) is 0 Å². The standard InChI is InChI=1S/C24H25N3S/c1-4-18-7-11-22(12-8-18)26-15-21(14-25)24-27-23(16-28-24)20-9-5-19(6-10-20)13-17(2)3/h5-12,15-17,26H,4,13H2,1-3H3/b21-15+. The number of thiazole rings is 1. The van der Waals surface area contributed by atoms with Crippen molar-refractivity contribution < 1.29 is 0 Å². The molecule has 0 spiro atoms. The summed E-state index contributed by atoms with van der Waals surface area (Å²) in [5.74, 6) is 0.644. The van der Waals surface area contributed by atoms with Gasteiger partial charge in [0, 0.05) is 22.8 Å². The van der Waals surface area contributed by atoms with Crippen LogP contribution in [0.25, 0.3) is 16.8 Å². The highest BCUT2D eigenvalue weighted by molar-refractivity contribution is 7.11. The molecule has 3 nitrogen and oxygen atoms in total. The van der Waals surface area contributed by atoms with Crippen LogP contribution in [0.15, 0.2) is 60.1 Å². The predicted octanol–water partition coefficient (Wildman–Crippen LogP) is 6.55. The number of aromatic nitrogens is 1. The van der Waals surface area contributed by atoms with Gasteiger partial charge in [-0.25, -0.2) is 4.98 Å². The summed E-state index contributed by atoms with van der Waals surface area (Å²) in [5, 5.41) is 15.5. The van der Waals surface area contributed by atoms with Gasteiger partial charge in [-0.15, -0.1) is 11.3 Å². The van der Waals surface area contributed by atoms with Crippen LogP contribution >= 0.6 is 11.3 Å². The third-order valence-electron chi connectivity index (χ3n) is 4.49. The fourth-order valence-corrected chi connectivity index (χ4v) is 3.74. The van der Waals surface area contributed by atoms with Gasteiger partial charge in [0.15, 0.2) is 0 Å². The molecule has 142 valence electrons. The first-order valence-corrected chi connectivity index (χ1v) is 10.5. The van der Waals surface area contributed by atoms with E-state index in [0.29, 0.717) is 11.5 Å². The van der Waals surface area contributed by atoms with E-state index < -0.39 is 0 Å². The number of nitrogens with one attached hydrogen (secondary N) is 1. The molecule has 0 atom stereocenters. The summed E-state index contributed by atoms with van der Waals surface area (Å²) in [6, 6.07) is 19.0. The maximum Gasteiger partial charge on any atom is 0.136 e. The second kappa shape index (κ2) is 9.34. The first-order valence-electron chi connectivity index (χ1n) is 9.60. The van der Waals surface area contributed by atoms with Gasteiger partial charge in [-0.1, -0.05) is 57.2 Å². The Bertz CT molecular complexity index is 974. The van der Waals surface area contributed by atoms with Crippen LogP contribution in [0.1, 0.15) is 36.9 Å². The molecule has 0 unspecified atom stereocenters. The zero-order valence-electron chi connectivity index (χ0n) is 16.6. The maximum absolute atomic E-state index is 9.55. The van der Waals surface area contributed by atoms with Gasteiger partial charge < -0.3 is 5.32 Å². The minimum atomic E-state index is 0.534. The Morgan fingerprint density at radius 3 is 2.39 bits per heavy atom. The minimum Gasteiger partial charge on any atom is -0.360 e. The molecule has 3 aromatic rings. The molecule has 0 saturated carbocycles. The quantitative estimate of drug-likeness (QED) is 0.468. The number of rotatable bonds is 7. The molecular formula is C24H25N3S. The van der Waals surface area contributed by atoms with E-state index in [1.54, 1.807) is 6.20 Å². The average molecular weight is 388 g/mol. The molecule has 0 aliphatic carbocycles. The first-order chi connectivity index (χ1) is 13.6. The fraction of sp³-hybridized carbons (Fsp3) is 0.250. The van der Waals surface area contributed by atoms with Crippen molar-refractivity contribution in [3.63, 3.8) is 0 Å². The third kappa shape index (κ3) is 5.09. The van der Waals surface area contributed by atoms with Crippen molar-refractivity contribution in [3.8, 4) is 17.3 Å². The summed E-state index contributed by atoms with van der Waals surface area (Å²) in [6.45, 7) is 6.58. The zero-order chi connectivity index (χ0) is 19.9. The molecule has 0 aliphatic heterocycles. The molecule has 0 bridgehead atoms. The van der Waals surface area contributed by atoms with Crippen molar-refractivity contribution in [2.24, 2.45) is 5.92 Å². The van der Waals surface area contributed by atoms with Gasteiger partial charge in [-0.05, 0) is 42.0 Å². The van der Waals surface area contributed by atoms with Crippen LogP contribution in [0, 0.1) is 17.2 Å². The summed E-state index contributed by atoms with van der Waals surface area (Å²) in [5.41, 5.74) is 6.11. The first kappa shape index (κ1) is 19.9. The number of aryl methyl sites for hydroxylation is 1. The summed E-state index contributed by atoms with van der Waals surface area (Å²) >= 11 is 1.49. The summed E-state index contributed by atoms with van der Waals surface area (Å²) in [7, 11) is 0. The Morgan fingerprint density at radius 2 is 1.79 bits per heavy atom. The lowest BCUT2D eigenvalue weighted by atomic mass is 10.0. The van der Waals surface area contributed by atoms with E-state index in [1.807, 2.05) is 17.5 Å². The van der Waals surface area contributed by atoms with Crippen LogP contribution in [-0.4, -0.2) is 4.98 Å². The Kier molecular flexibility index (Phi) is 6.62. The normalized spacial score (nSPS) is 11.5. The number of anilines is 1. The third-order valence-corrected chi connectivity index (χ3v) is 5.37. The van der Waals surface area contributed by atoms with Crippen LogP contribution in [0.3, 0.4) is 0 Å². The monoisotopic (exact) mass is 387 g/mol. The highest BCUT2D eigenvalue weighted by Crippen LogP contribution is 2.26. The fourth-order valence-electron chi connectivity index (χ4n) is 2.95. The number of nitriles is 1. The number of allylic oxidation sites excluding steroid dienone is 1. The lowest BCUT2D eigenvalue weighted by molar-refractivity contribution is 0.647. The molecule has 1 heterocycles. The lowest BCUT2D eigenvalue weighted by Gasteiger charge is -2.05. The van der Waals surface area contributed by atoms with Crippen molar-refractivity contribution in [2.75, 3.05) is 5.32 Å². The number of nitrogens with zero attached hydrogens (tertiary/aromatic N) is 2. The average Bonchev–Trinajstić information content (AvgIpc) is 3.19. The second-order valence-electron chi connectivity index (χ2n) is 7.20. The Balaban J connectivity index is 1.74. The molecule has 0 amide bonds. The smallest absolute Gasteiger partial charge is 0.136 e. The number of hydrogen-bond acceptors (Lipinski definition) is 4. The van der Waals surface area contributed by atoms with Gasteiger partial charge in [0.05, 0.1) is 5.69 Å². The molecule has 1 N–H and O–H groups in total. The van der Waals surface area contributed by atoms with E-state index in [2.05, 4.69) is 73.5 Å². The topological polar surface area (TPSA) is 48.7 Å². The van der Waals surface area contributed by atoms with Gasteiger partial charge in [0.1, 0.15) is 16.6 Å². The molecule has 0 fully saturated rings. The molecule has 2 aromatic carbocycles. The number of hydrogen-bond donors (Lipinski definition) is 1. The van der Waals surface area contributed by atoms with Crippen molar-refractivity contribution in [3.05, 3.63) is 76.2 Å².